The van der Waals surface area contributed by atoms with Crippen LogP contribution >= 0.6 is 11.8 Å². The Labute approximate surface area is 148 Å². The second-order valence-corrected chi connectivity index (χ2v) is 6.88. The highest BCUT2D eigenvalue weighted by Crippen LogP contribution is 2.22. The summed E-state index contributed by atoms with van der Waals surface area (Å²) in [4.78, 5) is 26.3. The number of likely N-dealkylation sites (tertiary alicyclic amines) is 1. The lowest BCUT2D eigenvalue weighted by molar-refractivity contribution is -0.127. The van der Waals surface area contributed by atoms with Crippen LogP contribution in [0, 0.1) is 12.7 Å². The fraction of sp³-hybridized carbons (Fsp3) is 0.333. The molecule has 25 heavy (non-hydrogen) atoms. The molecule has 0 radical (unpaired) electrons. The molecule has 0 spiro atoms. The Bertz CT molecular complexity index is 805. The Morgan fingerprint density at radius 2 is 2.12 bits per heavy atom. The van der Waals surface area contributed by atoms with E-state index in [9.17, 15) is 14.0 Å². The monoisotopic (exact) mass is 363 g/mol. The summed E-state index contributed by atoms with van der Waals surface area (Å²) in [6.45, 7) is 2.79. The van der Waals surface area contributed by atoms with E-state index in [1.54, 1.807) is 30.0 Å². The van der Waals surface area contributed by atoms with Gasteiger partial charge in [-0.15, -0.1) is 11.8 Å². The average Bonchev–Trinajstić information content (AvgIpc) is 3.01. The van der Waals surface area contributed by atoms with Crippen LogP contribution in [0.5, 0.6) is 5.75 Å². The topological polar surface area (TPSA) is 59.8 Å². The number of rotatable bonds is 5. The van der Waals surface area contributed by atoms with Gasteiger partial charge in [-0.05, 0) is 31.2 Å². The predicted molar refractivity (Wildman–Crippen MR) is 92.5 cm³/mol. The third-order valence-electron chi connectivity index (χ3n) is 3.84. The van der Waals surface area contributed by atoms with Gasteiger partial charge in [0, 0.05) is 23.9 Å². The molecule has 1 amide bonds. The molecule has 1 atom stereocenters. The van der Waals surface area contributed by atoms with E-state index in [1.165, 1.54) is 30.0 Å². The van der Waals surface area contributed by atoms with E-state index in [-0.39, 0.29) is 17.8 Å². The van der Waals surface area contributed by atoms with Crippen molar-refractivity contribution in [1.29, 1.82) is 0 Å². The van der Waals surface area contributed by atoms with Gasteiger partial charge in [-0.25, -0.2) is 9.18 Å². The lowest BCUT2D eigenvalue weighted by Crippen LogP contribution is -2.32. The Balaban J connectivity index is 1.50. The minimum Gasteiger partial charge on any atom is -0.488 e. The van der Waals surface area contributed by atoms with Gasteiger partial charge in [-0.1, -0.05) is 0 Å². The van der Waals surface area contributed by atoms with Crippen molar-refractivity contribution in [2.75, 3.05) is 18.8 Å². The summed E-state index contributed by atoms with van der Waals surface area (Å²) >= 11 is 1.38. The first kappa shape index (κ1) is 17.5. The fourth-order valence-electron chi connectivity index (χ4n) is 2.65. The van der Waals surface area contributed by atoms with Crippen molar-refractivity contribution in [2.45, 2.75) is 24.3 Å². The molecule has 7 heteroatoms. The number of hydrogen-bond acceptors (Lipinski definition) is 5. The molecule has 1 fully saturated rings. The second kappa shape index (κ2) is 7.74. The van der Waals surface area contributed by atoms with Crippen LogP contribution < -0.4 is 10.4 Å². The maximum Gasteiger partial charge on any atom is 0.339 e. The van der Waals surface area contributed by atoms with Gasteiger partial charge in [0.2, 0.25) is 5.91 Å². The maximum absolute atomic E-state index is 12.9. The van der Waals surface area contributed by atoms with Crippen LogP contribution in [0.15, 0.2) is 50.5 Å². The van der Waals surface area contributed by atoms with Crippen molar-refractivity contribution < 1.29 is 18.3 Å². The SMILES string of the molecule is Cc1cc(OC2CCN(C(=O)CSc3ccc(F)cc3)C2)cc(=O)o1. The number of aryl methyl sites for hydroxylation is 1. The van der Waals surface area contributed by atoms with E-state index >= 15 is 0 Å². The van der Waals surface area contributed by atoms with Crippen molar-refractivity contribution in [2.24, 2.45) is 0 Å². The van der Waals surface area contributed by atoms with Crippen LogP contribution in [0.25, 0.3) is 0 Å². The Hall–Kier alpha value is -2.28. The van der Waals surface area contributed by atoms with Crippen molar-refractivity contribution in [3.05, 3.63) is 58.4 Å². The molecule has 1 aromatic heterocycles. The van der Waals surface area contributed by atoms with Gasteiger partial charge in [-0.2, -0.15) is 0 Å². The molecule has 132 valence electrons. The molecule has 2 heterocycles. The number of hydrogen-bond donors (Lipinski definition) is 0. The lowest BCUT2D eigenvalue weighted by atomic mass is 10.3. The van der Waals surface area contributed by atoms with E-state index in [0.717, 1.165) is 4.90 Å². The Kier molecular flexibility index (Phi) is 5.43. The number of halogens is 1. The first-order chi connectivity index (χ1) is 12.0. The number of nitrogens with zero attached hydrogens (tertiary/aromatic N) is 1. The molecule has 0 aliphatic carbocycles. The van der Waals surface area contributed by atoms with E-state index in [0.29, 0.717) is 36.8 Å². The largest absolute Gasteiger partial charge is 0.488 e. The quantitative estimate of drug-likeness (QED) is 0.765. The Morgan fingerprint density at radius 3 is 2.84 bits per heavy atom. The van der Waals surface area contributed by atoms with E-state index in [2.05, 4.69) is 0 Å². The van der Waals surface area contributed by atoms with E-state index in [4.69, 9.17) is 9.15 Å². The van der Waals surface area contributed by atoms with Gasteiger partial charge in [0.1, 0.15) is 23.4 Å². The summed E-state index contributed by atoms with van der Waals surface area (Å²) in [6, 6.07) is 9.05. The third-order valence-corrected chi connectivity index (χ3v) is 4.84. The number of benzene rings is 1. The number of thioether (sulfide) groups is 1. The van der Waals surface area contributed by atoms with Crippen LogP contribution in [0.4, 0.5) is 4.39 Å². The standard InChI is InChI=1S/C18H18FNO4S/c1-12-8-15(9-18(22)23-12)24-14-6-7-20(10-14)17(21)11-25-16-4-2-13(19)3-5-16/h2-5,8-9,14H,6-7,10-11H2,1H3. The summed E-state index contributed by atoms with van der Waals surface area (Å²) in [5.41, 5.74) is -0.448. The molecule has 0 saturated carbocycles. The van der Waals surface area contributed by atoms with Gasteiger partial charge >= 0.3 is 5.63 Å². The summed E-state index contributed by atoms with van der Waals surface area (Å²) in [5.74, 6) is 0.981. The van der Waals surface area contributed by atoms with Crippen molar-refractivity contribution in [1.82, 2.24) is 4.90 Å². The molecule has 2 aromatic rings. The molecule has 1 unspecified atom stereocenters. The van der Waals surface area contributed by atoms with Gasteiger partial charge < -0.3 is 14.1 Å². The summed E-state index contributed by atoms with van der Waals surface area (Å²) in [7, 11) is 0. The zero-order valence-electron chi connectivity index (χ0n) is 13.7. The molecular formula is C18H18FNO4S. The van der Waals surface area contributed by atoms with Crippen LogP contribution in [-0.2, 0) is 4.79 Å². The van der Waals surface area contributed by atoms with Gasteiger partial charge in [0.15, 0.2) is 0 Å². The maximum atomic E-state index is 12.9. The van der Waals surface area contributed by atoms with Crippen molar-refractivity contribution in [3.8, 4) is 5.75 Å². The van der Waals surface area contributed by atoms with Gasteiger partial charge in [0.25, 0.3) is 0 Å². The molecule has 1 aliphatic rings. The fourth-order valence-corrected chi connectivity index (χ4v) is 3.46. The third kappa shape index (κ3) is 4.85. The molecule has 1 saturated heterocycles. The highest BCUT2D eigenvalue weighted by Gasteiger charge is 2.27. The summed E-state index contributed by atoms with van der Waals surface area (Å²) in [5, 5.41) is 0. The van der Waals surface area contributed by atoms with Crippen LogP contribution in [0.3, 0.4) is 0 Å². The zero-order valence-corrected chi connectivity index (χ0v) is 14.6. The van der Waals surface area contributed by atoms with E-state index in [1.807, 2.05) is 0 Å². The molecule has 1 aliphatic heterocycles. The number of carbonyl (C=O) groups excluding carboxylic acids is 1. The summed E-state index contributed by atoms with van der Waals surface area (Å²) in [6.07, 6.45) is 0.577. The molecule has 0 bridgehead atoms. The molecule has 1 aromatic carbocycles. The van der Waals surface area contributed by atoms with Crippen molar-refractivity contribution >= 4 is 17.7 Å². The zero-order chi connectivity index (χ0) is 17.8. The highest BCUT2D eigenvalue weighted by atomic mass is 32.2. The minimum absolute atomic E-state index is 0.0178. The number of ether oxygens (including phenoxy) is 1. The van der Waals surface area contributed by atoms with Gasteiger partial charge in [0.05, 0.1) is 18.4 Å². The normalized spacial score (nSPS) is 16.9. The summed E-state index contributed by atoms with van der Waals surface area (Å²) < 4.78 is 23.6. The van der Waals surface area contributed by atoms with E-state index < -0.39 is 5.63 Å². The smallest absolute Gasteiger partial charge is 0.339 e. The van der Waals surface area contributed by atoms with Crippen molar-refractivity contribution in [3.63, 3.8) is 0 Å². The first-order valence-corrected chi connectivity index (χ1v) is 8.93. The van der Waals surface area contributed by atoms with Crippen LogP contribution in [0.1, 0.15) is 12.2 Å². The Morgan fingerprint density at radius 1 is 1.36 bits per heavy atom. The second-order valence-electron chi connectivity index (χ2n) is 5.83. The average molecular weight is 363 g/mol. The molecule has 5 nitrogen and oxygen atoms in total. The van der Waals surface area contributed by atoms with Gasteiger partial charge in [-0.3, -0.25) is 4.79 Å². The minimum atomic E-state index is -0.448. The van der Waals surface area contributed by atoms with Crippen LogP contribution in [0.2, 0.25) is 0 Å². The molecule has 3 rings (SSSR count). The first-order valence-electron chi connectivity index (χ1n) is 7.94. The number of amides is 1. The molecular weight excluding hydrogens is 345 g/mol. The lowest BCUT2D eigenvalue weighted by Gasteiger charge is -2.17. The van der Waals surface area contributed by atoms with Crippen LogP contribution in [-0.4, -0.2) is 35.8 Å². The highest BCUT2D eigenvalue weighted by molar-refractivity contribution is 8.00. The molecule has 0 N–H and O–H groups in total. The predicted octanol–water partition coefficient (Wildman–Crippen LogP) is 2.86. The number of carbonyl (C=O) groups is 1.